The Morgan fingerprint density at radius 3 is 2.38 bits per heavy atom. The second-order valence-electron chi connectivity index (χ2n) is 6.71. The first-order chi connectivity index (χ1) is 10.9. The Kier molecular flexibility index (Phi) is 6.66. The second-order valence-corrected chi connectivity index (χ2v) is 6.71. The van der Waals surface area contributed by atoms with Crippen molar-refractivity contribution in [2.45, 2.75) is 46.0 Å². The Morgan fingerprint density at radius 2 is 1.88 bits per heavy atom. The molecular weight excluding hydrogens is 321 g/mol. The van der Waals surface area contributed by atoms with Crippen LogP contribution in [-0.2, 0) is 17.5 Å². The van der Waals surface area contributed by atoms with Crippen molar-refractivity contribution in [2.24, 2.45) is 5.92 Å². The molecule has 1 aromatic rings. The molecule has 0 heterocycles. The number of hydrogen-bond donors (Lipinski definition) is 2. The molecule has 1 aromatic carbocycles. The zero-order chi connectivity index (χ0) is 18.5. The largest absolute Gasteiger partial charge is 0.488 e. The number of hydrogen-bond acceptors (Lipinski definition) is 3. The molecule has 0 fully saturated rings. The fraction of sp³-hybridized carbons (Fsp3) is 0.588. The summed E-state index contributed by atoms with van der Waals surface area (Å²) in [6.45, 7) is 7.26. The number of carbonyl (C=O) groups is 1. The summed E-state index contributed by atoms with van der Waals surface area (Å²) in [5.41, 5.74) is -1.39. The number of amides is 1. The van der Waals surface area contributed by atoms with E-state index in [1.54, 1.807) is 34.7 Å². The lowest BCUT2D eigenvalue weighted by Crippen LogP contribution is -2.34. The SMILES string of the molecule is CNCC(C)C(=O)NCc1ccc(OC(C)(C)C)cc1C(F)(F)F. The van der Waals surface area contributed by atoms with E-state index in [1.165, 1.54) is 12.1 Å². The van der Waals surface area contributed by atoms with Crippen LogP contribution in [0.5, 0.6) is 5.75 Å². The summed E-state index contributed by atoms with van der Waals surface area (Å²) in [5, 5.41) is 5.40. The van der Waals surface area contributed by atoms with Crippen LogP contribution in [0.2, 0.25) is 0 Å². The first kappa shape index (κ1) is 20.3. The molecule has 1 atom stereocenters. The van der Waals surface area contributed by atoms with Crippen LogP contribution in [0.4, 0.5) is 13.2 Å². The molecule has 4 nitrogen and oxygen atoms in total. The van der Waals surface area contributed by atoms with E-state index in [-0.39, 0.29) is 29.7 Å². The summed E-state index contributed by atoms with van der Waals surface area (Å²) in [6, 6.07) is 3.80. The van der Waals surface area contributed by atoms with E-state index < -0.39 is 17.3 Å². The number of ether oxygens (including phenoxy) is 1. The van der Waals surface area contributed by atoms with Gasteiger partial charge in [0.2, 0.25) is 5.91 Å². The highest BCUT2D eigenvalue weighted by Crippen LogP contribution is 2.35. The van der Waals surface area contributed by atoms with E-state index in [0.717, 1.165) is 6.07 Å². The van der Waals surface area contributed by atoms with Crippen molar-refractivity contribution >= 4 is 5.91 Å². The van der Waals surface area contributed by atoms with E-state index in [0.29, 0.717) is 6.54 Å². The Hall–Kier alpha value is -1.76. The molecule has 1 rings (SSSR count). The van der Waals surface area contributed by atoms with E-state index in [2.05, 4.69) is 10.6 Å². The van der Waals surface area contributed by atoms with Crippen molar-refractivity contribution < 1.29 is 22.7 Å². The summed E-state index contributed by atoms with van der Waals surface area (Å²) in [7, 11) is 1.71. The highest BCUT2D eigenvalue weighted by molar-refractivity contribution is 5.78. The van der Waals surface area contributed by atoms with Gasteiger partial charge in [0, 0.05) is 19.0 Å². The predicted molar refractivity (Wildman–Crippen MR) is 86.8 cm³/mol. The minimum Gasteiger partial charge on any atom is -0.488 e. The number of carbonyl (C=O) groups excluding carboxylic acids is 1. The van der Waals surface area contributed by atoms with Crippen LogP contribution in [0.25, 0.3) is 0 Å². The highest BCUT2D eigenvalue weighted by atomic mass is 19.4. The van der Waals surface area contributed by atoms with Gasteiger partial charge in [-0.25, -0.2) is 0 Å². The van der Waals surface area contributed by atoms with Gasteiger partial charge in [0.1, 0.15) is 11.4 Å². The van der Waals surface area contributed by atoms with Crippen LogP contribution in [0.3, 0.4) is 0 Å². The Bertz CT molecular complexity index is 566. The molecule has 1 unspecified atom stereocenters. The Balaban J connectivity index is 2.96. The summed E-state index contributed by atoms with van der Waals surface area (Å²) in [6.07, 6.45) is -4.52. The summed E-state index contributed by atoms with van der Waals surface area (Å²) < 4.78 is 45.4. The van der Waals surface area contributed by atoms with Gasteiger partial charge >= 0.3 is 6.18 Å². The molecule has 0 spiro atoms. The quantitative estimate of drug-likeness (QED) is 0.830. The number of rotatable bonds is 6. The molecule has 136 valence electrons. The smallest absolute Gasteiger partial charge is 0.416 e. The zero-order valence-electron chi connectivity index (χ0n) is 14.7. The Labute approximate surface area is 140 Å². The molecule has 24 heavy (non-hydrogen) atoms. The van der Waals surface area contributed by atoms with Gasteiger partial charge in [0.05, 0.1) is 5.56 Å². The van der Waals surface area contributed by atoms with Crippen molar-refractivity contribution in [1.82, 2.24) is 10.6 Å². The molecule has 0 saturated carbocycles. The maximum absolute atomic E-state index is 13.3. The molecule has 0 bridgehead atoms. The van der Waals surface area contributed by atoms with E-state index in [4.69, 9.17) is 4.74 Å². The van der Waals surface area contributed by atoms with E-state index in [9.17, 15) is 18.0 Å². The van der Waals surface area contributed by atoms with Gasteiger partial charge in [-0.15, -0.1) is 0 Å². The average molecular weight is 346 g/mol. The molecule has 0 saturated heterocycles. The van der Waals surface area contributed by atoms with Crippen LogP contribution in [0.15, 0.2) is 18.2 Å². The molecule has 7 heteroatoms. The predicted octanol–water partition coefficient (Wildman–Crippen LogP) is 3.35. The lowest BCUT2D eigenvalue weighted by atomic mass is 10.1. The molecule has 0 aliphatic carbocycles. The van der Waals surface area contributed by atoms with Gasteiger partial charge < -0.3 is 15.4 Å². The zero-order valence-corrected chi connectivity index (χ0v) is 14.7. The number of alkyl halides is 3. The maximum atomic E-state index is 13.3. The van der Waals surface area contributed by atoms with Crippen LogP contribution in [0.1, 0.15) is 38.8 Å². The fourth-order valence-corrected chi connectivity index (χ4v) is 2.15. The molecule has 0 aromatic heterocycles. The Morgan fingerprint density at radius 1 is 1.25 bits per heavy atom. The van der Waals surface area contributed by atoms with Crippen molar-refractivity contribution in [2.75, 3.05) is 13.6 Å². The van der Waals surface area contributed by atoms with Gasteiger partial charge in [-0.2, -0.15) is 13.2 Å². The molecule has 0 aliphatic heterocycles. The van der Waals surface area contributed by atoms with Crippen molar-refractivity contribution in [3.8, 4) is 5.75 Å². The van der Waals surface area contributed by atoms with E-state index in [1.807, 2.05) is 0 Å². The molecular formula is C17H25F3N2O2. The summed E-state index contributed by atoms with van der Waals surface area (Å²) >= 11 is 0. The number of nitrogens with one attached hydrogen (secondary N) is 2. The van der Waals surface area contributed by atoms with E-state index >= 15 is 0 Å². The van der Waals surface area contributed by atoms with Crippen molar-refractivity contribution in [3.05, 3.63) is 29.3 Å². The number of benzene rings is 1. The lowest BCUT2D eigenvalue weighted by Gasteiger charge is -2.23. The van der Waals surface area contributed by atoms with Gasteiger partial charge in [-0.3, -0.25) is 4.79 Å². The van der Waals surface area contributed by atoms with Gasteiger partial charge in [-0.1, -0.05) is 13.0 Å². The molecule has 2 N–H and O–H groups in total. The monoisotopic (exact) mass is 346 g/mol. The lowest BCUT2D eigenvalue weighted by molar-refractivity contribution is -0.138. The van der Waals surface area contributed by atoms with Gasteiger partial charge in [0.25, 0.3) is 0 Å². The molecule has 1 amide bonds. The third kappa shape index (κ3) is 6.39. The normalized spacial score (nSPS) is 13.5. The summed E-state index contributed by atoms with van der Waals surface area (Å²) in [5.74, 6) is -0.478. The van der Waals surface area contributed by atoms with Crippen LogP contribution in [0, 0.1) is 5.92 Å². The standard InChI is InChI=1S/C17H25F3N2O2/c1-11(9-21-5)15(23)22-10-12-6-7-13(24-16(2,3)4)8-14(12)17(18,19)20/h6-8,11,21H,9-10H2,1-5H3,(H,22,23). The van der Waals surface area contributed by atoms with Crippen LogP contribution < -0.4 is 15.4 Å². The van der Waals surface area contributed by atoms with Gasteiger partial charge in [-0.05, 0) is 45.5 Å². The maximum Gasteiger partial charge on any atom is 0.416 e. The first-order valence-corrected chi connectivity index (χ1v) is 7.75. The topological polar surface area (TPSA) is 50.4 Å². The van der Waals surface area contributed by atoms with Gasteiger partial charge in [0.15, 0.2) is 0 Å². The first-order valence-electron chi connectivity index (χ1n) is 7.75. The van der Waals surface area contributed by atoms with Crippen molar-refractivity contribution in [1.29, 1.82) is 0 Å². The van der Waals surface area contributed by atoms with Crippen LogP contribution in [-0.4, -0.2) is 25.1 Å². The summed E-state index contributed by atoms with van der Waals surface area (Å²) in [4.78, 5) is 11.9. The minimum absolute atomic E-state index is 0.00812. The fourth-order valence-electron chi connectivity index (χ4n) is 2.15. The third-order valence-electron chi connectivity index (χ3n) is 3.22. The van der Waals surface area contributed by atoms with Crippen molar-refractivity contribution in [3.63, 3.8) is 0 Å². The second kappa shape index (κ2) is 7.88. The average Bonchev–Trinajstić information content (AvgIpc) is 2.43. The molecule has 0 aliphatic rings. The van der Waals surface area contributed by atoms with Crippen LogP contribution >= 0.6 is 0 Å². The third-order valence-corrected chi connectivity index (χ3v) is 3.22. The molecule has 0 radical (unpaired) electrons. The number of halogens is 3. The minimum atomic E-state index is -4.52. The highest BCUT2D eigenvalue weighted by Gasteiger charge is 2.34.